The zero-order chi connectivity index (χ0) is 14.1. The second kappa shape index (κ2) is 8.70. The van der Waals surface area contributed by atoms with Gasteiger partial charge in [-0.1, -0.05) is 29.4 Å². The number of hydroxylamine groups is 2. The van der Waals surface area contributed by atoms with Gasteiger partial charge in [0.15, 0.2) is 0 Å². The van der Waals surface area contributed by atoms with E-state index in [1.54, 1.807) is 14.0 Å². The molecule has 0 spiro atoms. The number of carbonyl (C=O) groups is 1. The molecule has 1 amide bonds. The van der Waals surface area contributed by atoms with Crippen molar-refractivity contribution in [1.82, 2.24) is 5.06 Å². The van der Waals surface area contributed by atoms with Crippen molar-refractivity contribution in [2.45, 2.75) is 40.5 Å². The molecule has 102 valence electrons. The number of allylic oxidation sites excluding steroid dienone is 5. The molecule has 0 fully saturated rings. The van der Waals surface area contributed by atoms with Gasteiger partial charge in [-0.15, -0.1) is 0 Å². The van der Waals surface area contributed by atoms with E-state index in [0.29, 0.717) is 5.57 Å². The summed E-state index contributed by atoms with van der Waals surface area (Å²) in [6, 6.07) is 0. The second-order valence-corrected chi connectivity index (χ2v) is 4.67. The summed E-state index contributed by atoms with van der Waals surface area (Å²) < 4.78 is 0. The van der Waals surface area contributed by atoms with Crippen LogP contribution in [-0.4, -0.2) is 25.1 Å². The van der Waals surface area contributed by atoms with E-state index in [-0.39, 0.29) is 5.91 Å². The summed E-state index contributed by atoms with van der Waals surface area (Å²) in [5.74, 6) is -0.120. The number of amides is 1. The van der Waals surface area contributed by atoms with Crippen molar-refractivity contribution in [1.29, 1.82) is 0 Å². The largest absolute Gasteiger partial charge is 0.274 e. The molecule has 3 nitrogen and oxygen atoms in total. The van der Waals surface area contributed by atoms with E-state index in [2.05, 4.69) is 26.8 Å². The first-order chi connectivity index (χ1) is 8.38. The first-order valence-corrected chi connectivity index (χ1v) is 6.18. The molecule has 0 atom stereocenters. The predicted molar refractivity (Wildman–Crippen MR) is 76.0 cm³/mol. The Labute approximate surface area is 111 Å². The lowest BCUT2D eigenvalue weighted by molar-refractivity contribution is -0.163. The van der Waals surface area contributed by atoms with Crippen molar-refractivity contribution < 1.29 is 9.63 Å². The highest BCUT2D eigenvalue weighted by Gasteiger charge is 2.08. The highest BCUT2D eigenvalue weighted by atomic mass is 16.7. The number of carbonyl (C=O) groups excluding carboxylic acids is 1. The van der Waals surface area contributed by atoms with E-state index in [1.165, 1.54) is 23.3 Å². The lowest BCUT2D eigenvalue weighted by Crippen LogP contribution is -2.25. The van der Waals surface area contributed by atoms with Crippen molar-refractivity contribution in [3.63, 3.8) is 0 Å². The lowest BCUT2D eigenvalue weighted by Gasteiger charge is -2.13. The third-order valence-corrected chi connectivity index (χ3v) is 2.61. The Morgan fingerprint density at radius 2 is 1.78 bits per heavy atom. The van der Waals surface area contributed by atoms with Crippen LogP contribution in [0.2, 0.25) is 0 Å². The summed E-state index contributed by atoms with van der Waals surface area (Å²) >= 11 is 0. The summed E-state index contributed by atoms with van der Waals surface area (Å²) in [6.45, 7) is 8.07. The molecular formula is C15H25NO2. The molecule has 0 aliphatic carbocycles. The van der Waals surface area contributed by atoms with Gasteiger partial charge in [0.2, 0.25) is 0 Å². The van der Waals surface area contributed by atoms with E-state index in [1.807, 2.05) is 12.2 Å². The molecule has 0 aromatic rings. The smallest absolute Gasteiger partial charge is 0.272 e. The van der Waals surface area contributed by atoms with Gasteiger partial charge in [-0.3, -0.25) is 9.63 Å². The molecule has 0 aliphatic heterocycles. The molecule has 0 aliphatic rings. The molecule has 18 heavy (non-hydrogen) atoms. The maximum atomic E-state index is 11.7. The monoisotopic (exact) mass is 251 g/mol. The van der Waals surface area contributed by atoms with Crippen LogP contribution in [0.5, 0.6) is 0 Å². The summed E-state index contributed by atoms with van der Waals surface area (Å²) in [5, 5.41) is 1.22. The van der Waals surface area contributed by atoms with E-state index in [9.17, 15) is 4.79 Å². The Kier molecular flexibility index (Phi) is 8.05. The van der Waals surface area contributed by atoms with Crippen LogP contribution >= 0.6 is 0 Å². The van der Waals surface area contributed by atoms with Gasteiger partial charge in [-0.05, 0) is 40.5 Å². The van der Waals surface area contributed by atoms with Crippen LogP contribution < -0.4 is 0 Å². The van der Waals surface area contributed by atoms with Crippen LogP contribution in [0.15, 0.2) is 34.9 Å². The van der Waals surface area contributed by atoms with Crippen LogP contribution in [0.1, 0.15) is 40.5 Å². The Hall–Kier alpha value is -1.35. The van der Waals surface area contributed by atoms with Gasteiger partial charge in [-0.25, -0.2) is 5.06 Å². The van der Waals surface area contributed by atoms with Gasteiger partial charge in [0.1, 0.15) is 0 Å². The molecule has 0 heterocycles. The first-order valence-electron chi connectivity index (χ1n) is 6.18. The first kappa shape index (κ1) is 16.6. The number of likely N-dealkylation sites (N-methyl/N-ethyl adjacent to an activating group) is 1. The van der Waals surface area contributed by atoms with Crippen LogP contribution in [0, 0.1) is 0 Å². The Morgan fingerprint density at radius 3 is 2.28 bits per heavy atom. The topological polar surface area (TPSA) is 29.5 Å². The fourth-order valence-electron chi connectivity index (χ4n) is 1.34. The zero-order valence-electron chi connectivity index (χ0n) is 12.4. The number of hydrogen-bond donors (Lipinski definition) is 0. The Bertz CT molecular complexity index is 361. The van der Waals surface area contributed by atoms with Crippen LogP contribution in [-0.2, 0) is 9.63 Å². The molecule has 0 aromatic carbocycles. The van der Waals surface area contributed by atoms with Crippen LogP contribution in [0.25, 0.3) is 0 Å². The number of hydrogen-bond acceptors (Lipinski definition) is 2. The molecule has 0 saturated heterocycles. The highest BCUT2D eigenvalue weighted by Crippen LogP contribution is 2.08. The van der Waals surface area contributed by atoms with Crippen molar-refractivity contribution >= 4 is 5.91 Å². The fourth-order valence-corrected chi connectivity index (χ4v) is 1.34. The normalized spacial score (nSPS) is 12.3. The average Bonchev–Trinajstić information content (AvgIpc) is 2.33. The Balaban J connectivity index is 4.41. The van der Waals surface area contributed by atoms with Gasteiger partial charge < -0.3 is 0 Å². The van der Waals surface area contributed by atoms with Gasteiger partial charge in [0.05, 0.1) is 7.11 Å². The fraction of sp³-hybridized carbons (Fsp3) is 0.533. The summed E-state index contributed by atoms with van der Waals surface area (Å²) in [7, 11) is 3.08. The van der Waals surface area contributed by atoms with Gasteiger partial charge in [0.25, 0.3) is 5.91 Å². The van der Waals surface area contributed by atoms with Crippen molar-refractivity contribution in [2.75, 3.05) is 14.2 Å². The molecule has 0 radical (unpaired) electrons. The number of nitrogens with zero attached hydrogens (tertiary/aromatic N) is 1. The molecule has 0 unspecified atom stereocenters. The predicted octanol–water partition coefficient (Wildman–Crippen LogP) is 3.65. The van der Waals surface area contributed by atoms with Crippen molar-refractivity contribution in [3.8, 4) is 0 Å². The maximum absolute atomic E-state index is 11.7. The van der Waals surface area contributed by atoms with E-state index >= 15 is 0 Å². The second-order valence-electron chi connectivity index (χ2n) is 4.67. The molecule has 3 heteroatoms. The molecular weight excluding hydrogens is 226 g/mol. The molecule has 0 saturated carbocycles. The van der Waals surface area contributed by atoms with Crippen molar-refractivity contribution in [2.24, 2.45) is 0 Å². The summed E-state index contributed by atoms with van der Waals surface area (Å²) in [6.07, 6.45) is 8.12. The standard InChI is InChI=1S/C15H25NO2/c1-12(2)8-7-9-13(3)10-11-14(4)15(17)16(5)18-6/h8,10-11H,7,9H2,1-6H3/b13-10+,14-11+. The molecule has 0 bridgehead atoms. The minimum absolute atomic E-state index is 0.120. The van der Waals surface area contributed by atoms with Gasteiger partial charge >= 0.3 is 0 Å². The van der Waals surface area contributed by atoms with E-state index in [0.717, 1.165) is 12.8 Å². The summed E-state index contributed by atoms with van der Waals surface area (Å²) in [4.78, 5) is 16.5. The minimum atomic E-state index is -0.120. The Morgan fingerprint density at radius 1 is 1.17 bits per heavy atom. The van der Waals surface area contributed by atoms with Gasteiger partial charge in [0, 0.05) is 12.6 Å². The quantitative estimate of drug-likeness (QED) is 0.312. The third-order valence-electron chi connectivity index (χ3n) is 2.61. The zero-order valence-corrected chi connectivity index (χ0v) is 12.4. The van der Waals surface area contributed by atoms with Crippen LogP contribution in [0.4, 0.5) is 0 Å². The lowest BCUT2D eigenvalue weighted by atomic mass is 10.1. The van der Waals surface area contributed by atoms with E-state index in [4.69, 9.17) is 4.84 Å². The number of rotatable bonds is 6. The maximum Gasteiger partial charge on any atom is 0.272 e. The average molecular weight is 251 g/mol. The molecule has 0 N–H and O–H groups in total. The van der Waals surface area contributed by atoms with Crippen LogP contribution in [0.3, 0.4) is 0 Å². The third kappa shape index (κ3) is 7.07. The SMILES string of the molecule is CON(C)C(=O)/C(C)=C/C=C(\C)CCC=C(C)C. The minimum Gasteiger partial charge on any atom is -0.274 e. The van der Waals surface area contributed by atoms with Crippen molar-refractivity contribution in [3.05, 3.63) is 34.9 Å². The molecule has 0 rings (SSSR count). The highest BCUT2D eigenvalue weighted by molar-refractivity contribution is 5.92. The van der Waals surface area contributed by atoms with Gasteiger partial charge in [-0.2, -0.15) is 0 Å². The molecule has 0 aromatic heterocycles. The summed E-state index contributed by atoms with van der Waals surface area (Å²) in [5.41, 5.74) is 3.27. The van der Waals surface area contributed by atoms with E-state index < -0.39 is 0 Å².